The lowest BCUT2D eigenvalue weighted by Gasteiger charge is -2.27. The number of allylic oxidation sites excluding steroid dienone is 3. The number of nitrogens with zero attached hydrogens (tertiary/aromatic N) is 2. The molecule has 1 aliphatic rings. The van der Waals surface area contributed by atoms with E-state index in [2.05, 4.69) is 19.6 Å². The number of hydrogen-bond acceptors (Lipinski definition) is 2. The molecule has 0 atom stereocenters. The Morgan fingerprint density at radius 2 is 1.34 bits per heavy atom. The molecule has 2 aromatic rings. The van der Waals surface area contributed by atoms with Crippen LogP contribution < -0.4 is 10.0 Å². The summed E-state index contributed by atoms with van der Waals surface area (Å²) < 4.78 is 0. The van der Waals surface area contributed by atoms with Gasteiger partial charge in [0.1, 0.15) is 5.41 Å². The summed E-state index contributed by atoms with van der Waals surface area (Å²) in [7, 11) is 0. The minimum atomic E-state index is -1.17. The van der Waals surface area contributed by atoms with E-state index in [1.807, 2.05) is 66.7 Å². The van der Waals surface area contributed by atoms with Crippen molar-refractivity contribution in [1.29, 1.82) is 0 Å². The van der Waals surface area contributed by atoms with Crippen molar-refractivity contribution in [3.63, 3.8) is 0 Å². The molecule has 2 aromatic carbocycles. The molecule has 0 radical (unpaired) electrons. The van der Waals surface area contributed by atoms with Gasteiger partial charge in [0.05, 0.1) is 11.4 Å². The lowest BCUT2D eigenvalue weighted by Crippen LogP contribution is -2.41. The number of rotatable bonds is 9. The van der Waals surface area contributed by atoms with Gasteiger partial charge in [0, 0.05) is 0 Å². The van der Waals surface area contributed by atoms with Crippen molar-refractivity contribution in [2.24, 2.45) is 5.41 Å². The minimum absolute atomic E-state index is 0.211. The van der Waals surface area contributed by atoms with Gasteiger partial charge in [0.25, 0.3) is 11.8 Å². The van der Waals surface area contributed by atoms with E-state index < -0.39 is 5.41 Å². The maximum absolute atomic E-state index is 13.7. The summed E-state index contributed by atoms with van der Waals surface area (Å²) in [5.74, 6) is -0.421. The van der Waals surface area contributed by atoms with Crippen LogP contribution in [-0.2, 0) is 9.59 Å². The Labute approximate surface area is 173 Å². The Bertz CT molecular complexity index is 817. The SMILES string of the molecule is C=CCC1(C/C=C/CCCC)C(=O)N(c2ccccc2)N(c2ccccc2)C1=O. The molecule has 1 fully saturated rings. The molecule has 0 aromatic heterocycles. The lowest BCUT2D eigenvalue weighted by molar-refractivity contribution is -0.134. The highest BCUT2D eigenvalue weighted by atomic mass is 16.2. The third-order valence-corrected chi connectivity index (χ3v) is 5.26. The highest BCUT2D eigenvalue weighted by molar-refractivity contribution is 6.26. The van der Waals surface area contributed by atoms with Gasteiger partial charge in [-0.3, -0.25) is 9.59 Å². The lowest BCUT2D eigenvalue weighted by atomic mass is 9.79. The number of carbonyl (C=O) groups excluding carboxylic acids is 2. The summed E-state index contributed by atoms with van der Waals surface area (Å²) in [5.41, 5.74) is 0.182. The van der Waals surface area contributed by atoms with Crippen molar-refractivity contribution in [2.75, 3.05) is 10.0 Å². The van der Waals surface area contributed by atoms with Crippen LogP contribution in [0.5, 0.6) is 0 Å². The van der Waals surface area contributed by atoms with E-state index >= 15 is 0 Å². The van der Waals surface area contributed by atoms with E-state index in [4.69, 9.17) is 0 Å². The fraction of sp³-hybridized carbons (Fsp3) is 0.280. The second kappa shape index (κ2) is 9.37. The molecule has 0 N–H and O–H groups in total. The number of amides is 2. The number of carbonyl (C=O) groups is 2. The highest BCUT2D eigenvalue weighted by Crippen LogP contribution is 2.43. The zero-order chi connectivity index (χ0) is 20.7. The predicted molar refractivity (Wildman–Crippen MR) is 118 cm³/mol. The largest absolute Gasteiger partial charge is 0.271 e. The van der Waals surface area contributed by atoms with Crippen LogP contribution in [0.2, 0.25) is 0 Å². The molecule has 1 saturated heterocycles. The van der Waals surface area contributed by atoms with Crippen LogP contribution in [0.25, 0.3) is 0 Å². The van der Waals surface area contributed by atoms with E-state index in [-0.39, 0.29) is 11.8 Å². The molecule has 29 heavy (non-hydrogen) atoms. The molecule has 150 valence electrons. The zero-order valence-corrected chi connectivity index (χ0v) is 17.0. The van der Waals surface area contributed by atoms with Crippen LogP contribution in [-0.4, -0.2) is 11.8 Å². The average molecular weight is 389 g/mol. The molecule has 0 aliphatic carbocycles. The highest BCUT2D eigenvalue weighted by Gasteiger charge is 2.57. The number of hydrogen-bond donors (Lipinski definition) is 0. The molecule has 1 heterocycles. The monoisotopic (exact) mass is 388 g/mol. The first-order chi connectivity index (χ1) is 14.2. The van der Waals surface area contributed by atoms with E-state index in [9.17, 15) is 9.59 Å². The maximum Gasteiger partial charge on any atom is 0.262 e. The minimum Gasteiger partial charge on any atom is -0.271 e. The molecule has 0 bridgehead atoms. The third-order valence-electron chi connectivity index (χ3n) is 5.26. The molecule has 4 heteroatoms. The maximum atomic E-state index is 13.7. The molecule has 3 rings (SSSR count). The molecular weight excluding hydrogens is 360 g/mol. The van der Waals surface area contributed by atoms with Gasteiger partial charge in [0.2, 0.25) is 0 Å². The molecular formula is C25H28N2O2. The topological polar surface area (TPSA) is 40.6 Å². The van der Waals surface area contributed by atoms with Crippen LogP contribution >= 0.6 is 0 Å². The van der Waals surface area contributed by atoms with Crippen LogP contribution in [0.15, 0.2) is 85.5 Å². The first kappa shape index (κ1) is 20.6. The standard InChI is InChI=1S/C25H28N2O2/c1-3-5-6-7-14-20-25(19-4-2)23(28)26(21-15-10-8-11-16-21)27(24(25)29)22-17-12-9-13-18-22/h4,7-18H,2-3,5-6,19-20H2,1H3/b14-7+. The Morgan fingerprint density at radius 3 is 1.79 bits per heavy atom. The average Bonchev–Trinajstić information content (AvgIpc) is 2.97. The van der Waals surface area contributed by atoms with Crippen LogP contribution in [0.3, 0.4) is 0 Å². The van der Waals surface area contributed by atoms with E-state index in [1.54, 1.807) is 6.08 Å². The first-order valence-electron chi connectivity index (χ1n) is 10.2. The number of hydrazine groups is 1. The number of unbranched alkanes of at least 4 members (excludes halogenated alkanes) is 2. The first-order valence-corrected chi connectivity index (χ1v) is 10.2. The Balaban J connectivity index is 2.05. The Morgan fingerprint density at radius 1 is 0.828 bits per heavy atom. The van der Waals surface area contributed by atoms with Crippen LogP contribution in [0, 0.1) is 5.41 Å². The van der Waals surface area contributed by atoms with E-state index in [0.717, 1.165) is 19.3 Å². The van der Waals surface area contributed by atoms with Crippen molar-refractivity contribution in [1.82, 2.24) is 0 Å². The second-order valence-electron chi connectivity index (χ2n) is 7.30. The number of para-hydroxylation sites is 2. The van der Waals surface area contributed by atoms with Gasteiger partial charge >= 0.3 is 0 Å². The summed E-state index contributed by atoms with van der Waals surface area (Å²) in [4.78, 5) is 27.4. The smallest absolute Gasteiger partial charge is 0.262 e. The van der Waals surface area contributed by atoms with Gasteiger partial charge in [-0.25, -0.2) is 10.0 Å². The second-order valence-corrected chi connectivity index (χ2v) is 7.30. The molecule has 1 aliphatic heterocycles. The molecule has 4 nitrogen and oxygen atoms in total. The van der Waals surface area contributed by atoms with Crippen molar-refractivity contribution in [3.8, 4) is 0 Å². The molecule has 0 saturated carbocycles. The van der Waals surface area contributed by atoms with Crippen LogP contribution in [0.1, 0.15) is 39.0 Å². The number of benzene rings is 2. The summed E-state index contributed by atoms with van der Waals surface area (Å²) in [6, 6.07) is 18.7. The van der Waals surface area contributed by atoms with Gasteiger partial charge in [0.15, 0.2) is 0 Å². The van der Waals surface area contributed by atoms with E-state index in [1.165, 1.54) is 10.0 Å². The van der Waals surface area contributed by atoms with Gasteiger partial charge in [-0.1, -0.05) is 74.4 Å². The summed E-state index contributed by atoms with van der Waals surface area (Å²) in [6.07, 6.45) is 9.56. The summed E-state index contributed by atoms with van der Waals surface area (Å²) in [6.45, 7) is 5.97. The van der Waals surface area contributed by atoms with Gasteiger partial charge < -0.3 is 0 Å². The molecule has 0 spiro atoms. The zero-order valence-electron chi connectivity index (χ0n) is 17.0. The quantitative estimate of drug-likeness (QED) is 0.315. The molecule has 0 unspecified atom stereocenters. The fourth-order valence-electron chi connectivity index (χ4n) is 3.69. The Kier molecular flexibility index (Phi) is 6.65. The van der Waals surface area contributed by atoms with Crippen molar-refractivity contribution < 1.29 is 9.59 Å². The van der Waals surface area contributed by atoms with Crippen molar-refractivity contribution in [2.45, 2.75) is 39.0 Å². The third kappa shape index (κ3) is 4.02. The molecule has 2 amide bonds. The summed E-state index contributed by atoms with van der Waals surface area (Å²) in [5, 5.41) is 3.03. The van der Waals surface area contributed by atoms with E-state index in [0.29, 0.717) is 24.2 Å². The fourth-order valence-corrected chi connectivity index (χ4v) is 3.69. The van der Waals surface area contributed by atoms with Gasteiger partial charge in [-0.05, 0) is 43.5 Å². The normalized spacial score (nSPS) is 16.0. The van der Waals surface area contributed by atoms with Gasteiger partial charge in [-0.2, -0.15) is 0 Å². The number of anilines is 2. The predicted octanol–water partition coefficient (Wildman–Crippen LogP) is 5.68. The van der Waals surface area contributed by atoms with Crippen molar-refractivity contribution in [3.05, 3.63) is 85.5 Å². The van der Waals surface area contributed by atoms with Crippen LogP contribution in [0.4, 0.5) is 11.4 Å². The summed E-state index contributed by atoms with van der Waals surface area (Å²) >= 11 is 0. The van der Waals surface area contributed by atoms with Gasteiger partial charge in [-0.15, -0.1) is 6.58 Å². The van der Waals surface area contributed by atoms with Crippen molar-refractivity contribution >= 4 is 23.2 Å². The Hall–Kier alpha value is -3.14.